The van der Waals surface area contributed by atoms with E-state index in [0.717, 1.165) is 31.6 Å². The lowest BCUT2D eigenvalue weighted by atomic mass is 10.0. The number of benzene rings is 2. The number of rotatable bonds is 11. The van der Waals surface area contributed by atoms with E-state index in [1.54, 1.807) is 18.2 Å². The molecule has 0 bridgehead atoms. The first-order valence-corrected chi connectivity index (χ1v) is 17.0. The molecule has 3 aliphatic rings. The van der Waals surface area contributed by atoms with Crippen LogP contribution in [-0.2, 0) is 20.6 Å². The van der Waals surface area contributed by atoms with Crippen molar-refractivity contribution < 1.29 is 46.4 Å². The molecule has 0 saturated carbocycles. The fourth-order valence-electron chi connectivity index (χ4n) is 6.25. The smallest absolute Gasteiger partial charge is 0.489 e. The minimum Gasteiger partial charge on any atom is -0.489 e. The number of piperidine rings is 1. The molecule has 6 rings (SSSR count). The van der Waals surface area contributed by atoms with Gasteiger partial charge in [0.1, 0.15) is 24.8 Å². The van der Waals surface area contributed by atoms with E-state index in [0.29, 0.717) is 64.9 Å². The summed E-state index contributed by atoms with van der Waals surface area (Å²) in [5.74, 6) is 5.72. The molecule has 3 fully saturated rings. The van der Waals surface area contributed by atoms with Gasteiger partial charge in [0.05, 0.1) is 59.4 Å². The normalized spacial score (nSPS) is 18.9. The van der Waals surface area contributed by atoms with Crippen LogP contribution in [0.1, 0.15) is 23.3 Å². The number of carbonyl (C=O) groups is 1. The van der Waals surface area contributed by atoms with E-state index in [1.165, 1.54) is 17.4 Å². The van der Waals surface area contributed by atoms with E-state index in [-0.39, 0.29) is 44.1 Å². The van der Waals surface area contributed by atoms with Gasteiger partial charge in [-0.15, -0.1) is 11.3 Å². The molecular formula is C34H38F4N4O6S. The van der Waals surface area contributed by atoms with Gasteiger partial charge in [-0.25, -0.2) is 9.18 Å². The summed E-state index contributed by atoms with van der Waals surface area (Å²) in [4.78, 5) is 15.6. The van der Waals surface area contributed by atoms with Gasteiger partial charge in [0.15, 0.2) is 6.10 Å². The Morgan fingerprint density at radius 3 is 2.61 bits per heavy atom. The van der Waals surface area contributed by atoms with Crippen LogP contribution in [0, 0.1) is 17.7 Å². The molecule has 1 atom stereocenters. The quantitative estimate of drug-likeness (QED) is 0.140. The maximum atomic E-state index is 15.2. The first-order valence-electron chi connectivity index (χ1n) is 16.2. The number of morpholine rings is 1. The molecular weight excluding hydrogens is 668 g/mol. The van der Waals surface area contributed by atoms with Crippen molar-refractivity contribution in [2.24, 2.45) is 0 Å². The lowest BCUT2D eigenvalue weighted by Crippen LogP contribution is -2.43. The number of fused-ring (bicyclic) bond motifs is 1. The largest absolute Gasteiger partial charge is 0.508 e. The number of thiophene rings is 1. The topological polar surface area (TPSA) is 105 Å². The molecule has 3 saturated heterocycles. The fourth-order valence-corrected chi connectivity index (χ4v) is 7.42. The van der Waals surface area contributed by atoms with Crippen LogP contribution in [-0.4, -0.2) is 107 Å². The van der Waals surface area contributed by atoms with Gasteiger partial charge in [-0.2, -0.15) is 13.2 Å². The highest BCUT2D eigenvalue weighted by Gasteiger charge is 2.32. The monoisotopic (exact) mass is 706 g/mol. The first-order chi connectivity index (χ1) is 23.7. The molecule has 49 heavy (non-hydrogen) atoms. The number of nitrogens with zero attached hydrogens (tertiary/aromatic N) is 2. The molecule has 4 heterocycles. The summed E-state index contributed by atoms with van der Waals surface area (Å²) in [6.45, 7) is 4.19. The van der Waals surface area contributed by atoms with E-state index >= 15 is 4.39 Å². The maximum absolute atomic E-state index is 15.2. The third-order valence-electron chi connectivity index (χ3n) is 8.57. The van der Waals surface area contributed by atoms with Crippen LogP contribution in [0.4, 0.5) is 39.4 Å². The number of aliphatic hydroxyl groups excluding tert-OH is 1. The number of ether oxygens (including phenoxy) is 4. The molecule has 0 amide bonds. The Morgan fingerprint density at radius 1 is 1.10 bits per heavy atom. The zero-order chi connectivity index (χ0) is 34.4. The molecule has 0 radical (unpaired) electrons. The van der Waals surface area contributed by atoms with E-state index in [1.807, 2.05) is 11.0 Å². The summed E-state index contributed by atoms with van der Waals surface area (Å²) >= 11 is 1.22. The molecule has 3 N–H and O–H groups in total. The number of aliphatic hydroxyl groups is 1. The molecule has 15 heteroatoms. The van der Waals surface area contributed by atoms with Crippen molar-refractivity contribution in [1.82, 2.24) is 4.90 Å². The van der Waals surface area contributed by atoms with Crippen LogP contribution in [0.2, 0.25) is 0 Å². The van der Waals surface area contributed by atoms with Gasteiger partial charge in [-0.3, -0.25) is 4.90 Å². The summed E-state index contributed by atoms with van der Waals surface area (Å²) in [5.41, 5.74) is 1.56. The summed E-state index contributed by atoms with van der Waals surface area (Å²) in [6, 6.07) is 8.31. The molecule has 0 aliphatic carbocycles. The Kier molecular flexibility index (Phi) is 11.2. The Balaban J connectivity index is 1.16. The van der Waals surface area contributed by atoms with Crippen molar-refractivity contribution in [2.75, 3.05) is 87.8 Å². The minimum atomic E-state index is -4.43. The van der Waals surface area contributed by atoms with Gasteiger partial charge in [0.2, 0.25) is 0 Å². The average molecular weight is 707 g/mol. The molecule has 0 spiro atoms. The lowest BCUT2D eigenvalue weighted by molar-refractivity contribution is -0.126. The SMILES string of the molecule is O=C1OCC(CN2CCC(Nc3cccc4c(CC(F)(F)F)c(C#CCNc5cc(F)c(N6CCOCC6)cc5OCCO)sc34)CC2)O1. The number of halogens is 4. The molecule has 3 aromatic rings. The second-order valence-corrected chi connectivity index (χ2v) is 13.1. The van der Waals surface area contributed by atoms with Gasteiger partial charge in [0, 0.05) is 50.9 Å². The zero-order valence-corrected chi connectivity index (χ0v) is 27.6. The Bertz CT molecular complexity index is 1680. The number of hydrogen-bond acceptors (Lipinski definition) is 11. The van der Waals surface area contributed by atoms with Crippen LogP contribution < -0.4 is 20.3 Å². The number of hydrogen-bond donors (Lipinski definition) is 3. The predicted molar refractivity (Wildman–Crippen MR) is 178 cm³/mol. The van der Waals surface area contributed by atoms with Gasteiger partial charge in [-0.05, 0) is 29.9 Å². The Labute approximate surface area is 285 Å². The highest BCUT2D eigenvalue weighted by molar-refractivity contribution is 7.20. The van der Waals surface area contributed by atoms with Crippen molar-refractivity contribution >= 4 is 44.6 Å². The number of alkyl halides is 3. The van der Waals surface area contributed by atoms with Crippen molar-refractivity contribution in [1.29, 1.82) is 0 Å². The highest BCUT2D eigenvalue weighted by Crippen LogP contribution is 2.40. The highest BCUT2D eigenvalue weighted by atomic mass is 32.1. The lowest BCUT2D eigenvalue weighted by Gasteiger charge is -2.33. The summed E-state index contributed by atoms with van der Waals surface area (Å²) in [5, 5.41) is 16.4. The number of anilines is 3. The van der Waals surface area contributed by atoms with Crippen molar-refractivity contribution in [3.63, 3.8) is 0 Å². The first kappa shape index (κ1) is 34.9. The fraction of sp³-hybridized carbons (Fsp3) is 0.500. The summed E-state index contributed by atoms with van der Waals surface area (Å²) < 4.78 is 78.2. The molecule has 264 valence electrons. The molecule has 1 unspecified atom stereocenters. The van der Waals surface area contributed by atoms with Crippen LogP contribution >= 0.6 is 11.3 Å². The third-order valence-corrected chi connectivity index (χ3v) is 9.77. The maximum Gasteiger partial charge on any atom is 0.508 e. The van der Waals surface area contributed by atoms with Crippen LogP contribution in [0.5, 0.6) is 5.75 Å². The zero-order valence-electron chi connectivity index (χ0n) is 26.7. The van der Waals surface area contributed by atoms with Crippen molar-refractivity contribution in [3.8, 4) is 17.6 Å². The van der Waals surface area contributed by atoms with Gasteiger partial charge in [0.25, 0.3) is 0 Å². The van der Waals surface area contributed by atoms with Gasteiger partial charge in [-0.1, -0.05) is 24.0 Å². The van der Waals surface area contributed by atoms with E-state index in [2.05, 4.69) is 27.4 Å². The number of cyclic esters (lactones) is 2. The van der Waals surface area contributed by atoms with Crippen molar-refractivity contribution in [2.45, 2.75) is 37.6 Å². The minimum absolute atomic E-state index is 0.000368. The number of carbonyl (C=O) groups excluding carboxylic acids is 1. The van der Waals surface area contributed by atoms with E-state index in [4.69, 9.17) is 18.9 Å². The second kappa shape index (κ2) is 15.7. The molecule has 3 aliphatic heterocycles. The van der Waals surface area contributed by atoms with E-state index in [9.17, 15) is 23.1 Å². The second-order valence-electron chi connectivity index (χ2n) is 12.0. The Hall–Kier alpha value is -3.97. The number of likely N-dealkylation sites (tertiary alicyclic amines) is 1. The third kappa shape index (κ3) is 8.99. The summed E-state index contributed by atoms with van der Waals surface area (Å²) in [6.07, 6.45) is -4.84. The summed E-state index contributed by atoms with van der Waals surface area (Å²) in [7, 11) is 0. The number of nitrogens with one attached hydrogen (secondary N) is 2. The van der Waals surface area contributed by atoms with Gasteiger partial charge >= 0.3 is 12.3 Å². The van der Waals surface area contributed by atoms with Crippen LogP contribution in [0.15, 0.2) is 30.3 Å². The average Bonchev–Trinajstić information content (AvgIpc) is 3.65. The van der Waals surface area contributed by atoms with Crippen LogP contribution in [0.25, 0.3) is 10.1 Å². The molecule has 2 aromatic carbocycles. The van der Waals surface area contributed by atoms with E-state index < -0.39 is 24.6 Å². The van der Waals surface area contributed by atoms with Gasteiger partial charge < -0.3 is 39.6 Å². The standard InChI is InChI=1S/C34H38F4N4O6S/c35-26-17-28(30(46-16-13-43)18-29(26)42-11-14-45-15-12-42)39-8-2-5-31-25(19-34(36,37)38)24-3-1-4-27(32(24)49-31)40-22-6-9-41(10-7-22)20-23-21-47-33(44)48-23/h1,3-4,17-18,22-23,39-40,43H,6-16,19-21H2. The van der Waals surface area contributed by atoms with Crippen LogP contribution in [0.3, 0.4) is 0 Å². The van der Waals surface area contributed by atoms with Crippen molar-refractivity contribution in [3.05, 3.63) is 46.6 Å². The predicted octanol–water partition coefficient (Wildman–Crippen LogP) is 5.23. The molecule has 10 nitrogen and oxygen atoms in total. The molecule has 1 aromatic heterocycles. The Morgan fingerprint density at radius 2 is 1.90 bits per heavy atom.